The predicted octanol–water partition coefficient (Wildman–Crippen LogP) is 6.90. The fraction of sp³-hybridized carbons (Fsp3) is 0.179. The summed E-state index contributed by atoms with van der Waals surface area (Å²) in [7, 11) is 2.19. The van der Waals surface area contributed by atoms with Crippen molar-refractivity contribution in [2.45, 2.75) is 26.8 Å². The van der Waals surface area contributed by atoms with E-state index in [9.17, 15) is 0 Å². The van der Waals surface area contributed by atoms with Gasteiger partial charge in [-0.1, -0.05) is 78.4 Å². The molecule has 0 saturated carbocycles. The summed E-state index contributed by atoms with van der Waals surface area (Å²) < 4.78 is 0. The molecule has 30 heavy (non-hydrogen) atoms. The molecule has 0 aliphatic rings. The van der Waals surface area contributed by atoms with Crippen LogP contribution in [-0.2, 0) is 0 Å². The van der Waals surface area contributed by atoms with Gasteiger partial charge in [0.2, 0.25) is 0 Å². The zero-order valence-corrected chi connectivity index (χ0v) is 18.1. The molecule has 3 aromatic carbocycles. The van der Waals surface area contributed by atoms with Crippen LogP contribution in [0.5, 0.6) is 0 Å². The molecule has 0 saturated heterocycles. The van der Waals surface area contributed by atoms with Gasteiger partial charge in [0.05, 0.1) is 11.7 Å². The molecule has 2 heteroatoms. The van der Waals surface area contributed by atoms with Crippen molar-refractivity contribution in [1.29, 1.82) is 0 Å². The first-order chi connectivity index (χ1) is 14.6. The number of pyridine rings is 1. The summed E-state index contributed by atoms with van der Waals surface area (Å²) in [4.78, 5) is 7.16. The van der Waals surface area contributed by atoms with Gasteiger partial charge in [0, 0.05) is 18.9 Å². The number of benzene rings is 3. The highest BCUT2D eigenvalue weighted by Crippen LogP contribution is 2.39. The number of aryl methyl sites for hydroxylation is 3. The third-order valence-corrected chi connectivity index (χ3v) is 5.68. The highest BCUT2D eigenvalue weighted by atomic mass is 15.1. The highest BCUT2D eigenvalue weighted by molar-refractivity contribution is 5.71. The molecular formula is C28H28N2. The number of rotatable bonds is 5. The van der Waals surface area contributed by atoms with Gasteiger partial charge in [-0.2, -0.15) is 0 Å². The van der Waals surface area contributed by atoms with Crippen molar-refractivity contribution in [3.8, 4) is 11.1 Å². The summed E-state index contributed by atoms with van der Waals surface area (Å²) in [5.74, 6) is 0. The Morgan fingerprint density at radius 3 is 2.03 bits per heavy atom. The van der Waals surface area contributed by atoms with Gasteiger partial charge < -0.3 is 4.90 Å². The maximum atomic E-state index is 4.77. The van der Waals surface area contributed by atoms with Crippen molar-refractivity contribution in [2.24, 2.45) is 0 Å². The van der Waals surface area contributed by atoms with E-state index >= 15 is 0 Å². The molecular weight excluding hydrogens is 364 g/mol. The lowest BCUT2D eigenvalue weighted by Gasteiger charge is -2.34. The van der Waals surface area contributed by atoms with E-state index < -0.39 is 0 Å². The molecule has 2 nitrogen and oxygen atoms in total. The second kappa shape index (κ2) is 8.54. The number of hydrogen-bond donors (Lipinski definition) is 0. The van der Waals surface area contributed by atoms with Crippen LogP contribution < -0.4 is 4.90 Å². The normalized spacial score (nSPS) is 11.9. The Hall–Kier alpha value is -3.39. The van der Waals surface area contributed by atoms with E-state index in [1.165, 1.54) is 39.1 Å². The molecule has 4 rings (SSSR count). The van der Waals surface area contributed by atoms with Gasteiger partial charge in [0.15, 0.2) is 0 Å². The quantitative estimate of drug-likeness (QED) is 0.367. The number of anilines is 1. The Kier molecular flexibility index (Phi) is 5.67. The van der Waals surface area contributed by atoms with Crippen molar-refractivity contribution in [3.05, 3.63) is 119 Å². The lowest BCUT2D eigenvalue weighted by atomic mass is 9.91. The van der Waals surface area contributed by atoms with Gasteiger partial charge in [-0.15, -0.1) is 0 Å². The zero-order valence-electron chi connectivity index (χ0n) is 18.1. The fourth-order valence-electron chi connectivity index (χ4n) is 4.58. The summed E-state index contributed by atoms with van der Waals surface area (Å²) in [6.07, 6.45) is 1.89. The molecule has 1 heterocycles. The maximum absolute atomic E-state index is 4.77. The average Bonchev–Trinajstić information content (AvgIpc) is 2.75. The van der Waals surface area contributed by atoms with E-state index in [-0.39, 0.29) is 6.04 Å². The molecule has 0 N–H and O–H groups in total. The van der Waals surface area contributed by atoms with Crippen molar-refractivity contribution in [3.63, 3.8) is 0 Å². The smallest absolute Gasteiger partial charge is 0.0969 e. The van der Waals surface area contributed by atoms with Crippen LogP contribution in [-0.4, -0.2) is 12.0 Å². The molecule has 1 unspecified atom stereocenters. The van der Waals surface area contributed by atoms with Crippen LogP contribution in [0.1, 0.15) is 34.0 Å². The molecule has 0 amide bonds. The number of hydrogen-bond acceptors (Lipinski definition) is 2. The fourth-order valence-corrected chi connectivity index (χ4v) is 4.58. The molecule has 1 atom stereocenters. The summed E-state index contributed by atoms with van der Waals surface area (Å²) in [6.45, 7) is 6.56. The second-order valence-electron chi connectivity index (χ2n) is 7.97. The molecule has 0 fully saturated rings. The Labute approximate surface area is 179 Å². The van der Waals surface area contributed by atoms with E-state index in [0.29, 0.717) is 0 Å². The molecule has 0 aliphatic carbocycles. The van der Waals surface area contributed by atoms with E-state index in [1.807, 2.05) is 12.3 Å². The maximum Gasteiger partial charge on any atom is 0.0969 e. The number of aromatic nitrogens is 1. The molecule has 0 bridgehead atoms. The predicted molar refractivity (Wildman–Crippen MR) is 127 cm³/mol. The molecule has 0 radical (unpaired) electrons. The van der Waals surface area contributed by atoms with E-state index in [1.54, 1.807) is 0 Å². The van der Waals surface area contributed by atoms with Crippen LogP contribution in [0.3, 0.4) is 0 Å². The van der Waals surface area contributed by atoms with Crippen LogP contribution in [0.2, 0.25) is 0 Å². The van der Waals surface area contributed by atoms with E-state index in [0.717, 1.165) is 5.69 Å². The summed E-state index contributed by atoms with van der Waals surface area (Å²) in [6, 6.07) is 30.0. The molecule has 0 spiro atoms. The Bertz CT molecular complexity index is 1110. The van der Waals surface area contributed by atoms with Crippen LogP contribution in [0.4, 0.5) is 5.69 Å². The van der Waals surface area contributed by atoms with Gasteiger partial charge in [0.1, 0.15) is 0 Å². The summed E-state index contributed by atoms with van der Waals surface area (Å²) in [5.41, 5.74) is 9.89. The van der Waals surface area contributed by atoms with Crippen LogP contribution >= 0.6 is 0 Å². The third-order valence-electron chi connectivity index (χ3n) is 5.68. The standard InChI is InChI=1S/C28H28N2/c1-20-18-21(2)27(22(3)19-20)30(4)28(26-16-10-11-17-29-26)25-15-9-8-14-24(25)23-12-6-5-7-13-23/h5-19,28H,1-4H3. The topological polar surface area (TPSA) is 16.1 Å². The summed E-state index contributed by atoms with van der Waals surface area (Å²) in [5, 5.41) is 0. The van der Waals surface area contributed by atoms with Gasteiger partial charge in [-0.05, 0) is 60.7 Å². The minimum absolute atomic E-state index is 0.00251. The van der Waals surface area contributed by atoms with Gasteiger partial charge in [-0.3, -0.25) is 4.98 Å². The molecule has 1 aromatic heterocycles. The lowest BCUT2D eigenvalue weighted by Crippen LogP contribution is -2.28. The molecule has 150 valence electrons. The van der Waals surface area contributed by atoms with Crippen molar-refractivity contribution < 1.29 is 0 Å². The van der Waals surface area contributed by atoms with Crippen molar-refractivity contribution in [1.82, 2.24) is 4.98 Å². The number of nitrogens with zero attached hydrogens (tertiary/aromatic N) is 2. The molecule has 0 aliphatic heterocycles. The average molecular weight is 393 g/mol. The Morgan fingerprint density at radius 1 is 0.733 bits per heavy atom. The van der Waals surface area contributed by atoms with Crippen molar-refractivity contribution in [2.75, 3.05) is 11.9 Å². The highest BCUT2D eigenvalue weighted by Gasteiger charge is 2.25. The van der Waals surface area contributed by atoms with E-state index in [2.05, 4.69) is 112 Å². The first-order valence-electron chi connectivity index (χ1n) is 10.4. The van der Waals surface area contributed by atoms with Gasteiger partial charge in [-0.25, -0.2) is 0 Å². The second-order valence-corrected chi connectivity index (χ2v) is 7.97. The monoisotopic (exact) mass is 392 g/mol. The lowest BCUT2D eigenvalue weighted by molar-refractivity contribution is 0.751. The minimum atomic E-state index is 0.00251. The van der Waals surface area contributed by atoms with Crippen LogP contribution in [0, 0.1) is 20.8 Å². The SMILES string of the molecule is Cc1cc(C)c(N(C)C(c2ccccn2)c2ccccc2-c2ccccc2)c(C)c1. The first kappa shape index (κ1) is 19.9. The Morgan fingerprint density at radius 2 is 1.37 bits per heavy atom. The zero-order chi connectivity index (χ0) is 21.1. The van der Waals surface area contributed by atoms with Crippen LogP contribution in [0.25, 0.3) is 11.1 Å². The minimum Gasteiger partial charge on any atom is -0.361 e. The Balaban J connectivity index is 1.93. The molecule has 4 aromatic rings. The van der Waals surface area contributed by atoms with Crippen LogP contribution in [0.15, 0.2) is 91.1 Å². The van der Waals surface area contributed by atoms with Gasteiger partial charge >= 0.3 is 0 Å². The largest absolute Gasteiger partial charge is 0.361 e. The van der Waals surface area contributed by atoms with Gasteiger partial charge in [0.25, 0.3) is 0 Å². The first-order valence-corrected chi connectivity index (χ1v) is 10.4. The summed E-state index contributed by atoms with van der Waals surface area (Å²) >= 11 is 0. The van der Waals surface area contributed by atoms with Crippen molar-refractivity contribution >= 4 is 5.69 Å². The third kappa shape index (κ3) is 3.86. The van der Waals surface area contributed by atoms with E-state index in [4.69, 9.17) is 4.98 Å².